The van der Waals surface area contributed by atoms with Crippen LogP contribution in [0.4, 0.5) is 0 Å². The number of hydrogen-bond donors (Lipinski definition) is 1. The molecule has 0 saturated carbocycles. The van der Waals surface area contributed by atoms with Crippen LogP contribution in [0.1, 0.15) is 25.6 Å². The Morgan fingerprint density at radius 1 is 1.62 bits per heavy atom. The summed E-state index contributed by atoms with van der Waals surface area (Å²) < 4.78 is 10.0. The van der Waals surface area contributed by atoms with Crippen LogP contribution in [0.25, 0.3) is 0 Å². The third-order valence-corrected chi connectivity index (χ3v) is 1.64. The van der Waals surface area contributed by atoms with Gasteiger partial charge in [0, 0.05) is 13.5 Å². The van der Waals surface area contributed by atoms with Crippen molar-refractivity contribution in [2.45, 2.75) is 26.3 Å². The Labute approximate surface area is 77.3 Å². The summed E-state index contributed by atoms with van der Waals surface area (Å²) in [6, 6.07) is 0. The Hall–Kier alpha value is -0.940. The zero-order chi connectivity index (χ0) is 9.90. The molecule has 2 N–H and O–H groups in total. The molecular weight excluding hydrogens is 170 g/mol. The number of aromatic nitrogens is 2. The second-order valence-corrected chi connectivity index (χ2v) is 3.19. The summed E-state index contributed by atoms with van der Waals surface area (Å²) in [7, 11) is 0. The van der Waals surface area contributed by atoms with Crippen LogP contribution in [-0.4, -0.2) is 23.4 Å². The summed E-state index contributed by atoms with van der Waals surface area (Å²) in [6.45, 7) is 6.48. The molecule has 0 spiro atoms. The molecule has 74 valence electrons. The zero-order valence-corrected chi connectivity index (χ0v) is 8.20. The molecule has 5 heteroatoms. The lowest BCUT2D eigenvalue weighted by Crippen LogP contribution is -2.39. The standard InChI is InChI=1S/C8H15N3O2/c1-4-12-5-8(3,9)7-10-6(2)13-11-7/h4-5,9H2,1-3H3. The number of rotatable bonds is 4. The number of nitrogens with two attached hydrogens (primary N) is 1. The maximum Gasteiger partial charge on any atom is 0.223 e. The summed E-state index contributed by atoms with van der Waals surface area (Å²) in [6.07, 6.45) is 0. The first-order valence-electron chi connectivity index (χ1n) is 4.23. The highest BCUT2D eigenvalue weighted by Crippen LogP contribution is 2.14. The van der Waals surface area contributed by atoms with Crippen LogP contribution in [0.15, 0.2) is 4.52 Å². The Balaban J connectivity index is 2.68. The van der Waals surface area contributed by atoms with Gasteiger partial charge in [-0.1, -0.05) is 5.16 Å². The summed E-state index contributed by atoms with van der Waals surface area (Å²) in [5, 5.41) is 3.75. The van der Waals surface area contributed by atoms with Crippen molar-refractivity contribution in [3.05, 3.63) is 11.7 Å². The molecule has 0 fully saturated rings. The van der Waals surface area contributed by atoms with Crippen LogP contribution < -0.4 is 5.73 Å². The molecule has 1 heterocycles. The van der Waals surface area contributed by atoms with E-state index >= 15 is 0 Å². The minimum absolute atomic E-state index is 0.391. The van der Waals surface area contributed by atoms with E-state index in [1.807, 2.05) is 13.8 Å². The van der Waals surface area contributed by atoms with Gasteiger partial charge in [-0.05, 0) is 13.8 Å². The van der Waals surface area contributed by atoms with Crippen LogP contribution in [-0.2, 0) is 10.3 Å². The molecule has 0 aromatic carbocycles. The van der Waals surface area contributed by atoms with E-state index in [0.29, 0.717) is 24.9 Å². The van der Waals surface area contributed by atoms with Crippen molar-refractivity contribution in [1.29, 1.82) is 0 Å². The van der Waals surface area contributed by atoms with E-state index in [1.165, 1.54) is 0 Å². The minimum Gasteiger partial charge on any atom is -0.379 e. The first-order valence-corrected chi connectivity index (χ1v) is 4.23. The van der Waals surface area contributed by atoms with Crippen molar-refractivity contribution in [3.8, 4) is 0 Å². The molecule has 1 aromatic heterocycles. The lowest BCUT2D eigenvalue weighted by Gasteiger charge is -2.19. The van der Waals surface area contributed by atoms with Gasteiger partial charge < -0.3 is 15.0 Å². The van der Waals surface area contributed by atoms with Crippen LogP contribution >= 0.6 is 0 Å². The van der Waals surface area contributed by atoms with Gasteiger partial charge in [0.05, 0.1) is 6.61 Å². The molecule has 0 bridgehead atoms. The molecule has 1 aromatic rings. The molecule has 0 radical (unpaired) electrons. The fourth-order valence-corrected chi connectivity index (χ4v) is 0.910. The van der Waals surface area contributed by atoms with Crippen molar-refractivity contribution in [3.63, 3.8) is 0 Å². The molecule has 1 unspecified atom stereocenters. The molecular formula is C8H15N3O2. The first kappa shape index (κ1) is 10.1. The van der Waals surface area contributed by atoms with Crippen LogP contribution in [0.5, 0.6) is 0 Å². The zero-order valence-electron chi connectivity index (χ0n) is 8.20. The van der Waals surface area contributed by atoms with E-state index in [2.05, 4.69) is 10.1 Å². The average molecular weight is 185 g/mol. The fourth-order valence-electron chi connectivity index (χ4n) is 0.910. The number of hydrogen-bond acceptors (Lipinski definition) is 5. The second-order valence-electron chi connectivity index (χ2n) is 3.19. The fraction of sp³-hybridized carbons (Fsp3) is 0.750. The molecule has 0 aliphatic heterocycles. The number of ether oxygens (including phenoxy) is 1. The predicted octanol–water partition coefficient (Wildman–Crippen LogP) is 0.588. The van der Waals surface area contributed by atoms with Crippen LogP contribution in [0, 0.1) is 6.92 Å². The van der Waals surface area contributed by atoms with Crippen molar-refractivity contribution >= 4 is 0 Å². The monoisotopic (exact) mass is 185 g/mol. The third kappa shape index (κ3) is 2.50. The molecule has 1 rings (SSSR count). The number of aryl methyl sites for hydroxylation is 1. The van der Waals surface area contributed by atoms with E-state index in [1.54, 1.807) is 6.92 Å². The summed E-state index contributed by atoms with van der Waals surface area (Å²) in [4.78, 5) is 4.05. The molecule has 1 atom stereocenters. The van der Waals surface area contributed by atoms with Crippen molar-refractivity contribution in [2.75, 3.05) is 13.2 Å². The second kappa shape index (κ2) is 3.85. The quantitative estimate of drug-likeness (QED) is 0.743. The normalized spacial score (nSPS) is 15.7. The third-order valence-electron chi connectivity index (χ3n) is 1.64. The van der Waals surface area contributed by atoms with E-state index in [0.717, 1.165) is 0 Å². The smallest absolute Gasteiger partial charge is 0.223 e. The van der Waals surface area contributed by atoms with E-state index < -0.39 is 5.54 Å². The minimum atomic E-state index is -0.673. The molecule has 13 heavy (non-hydrogen) atoms. The maximum atomic E-state index is 5.93. The van der Waals surface area contributed by atoms with Gasteiger partial charge in [0.1, 0.15) is 5.54 Å². The van der Waals surface area contributed by atoms with Crippen molar-refractivity contribution < 1.29 is 9.26 Å². The summed E-state index contributed by atoms with van der Waals surface area (Å²) in [5.41, 5.74) is 5.25. The lowest BCUT2D eigenvalue weighted by molar-refractivity contribution is 0.0962. The van der Waals surface area contributed by atoms with E-state index in [-0.39, 0.29) is 0 Å². The maximum absolute atomic E-state index is 5.93. The Kier molecular flexibility index (Phi) is 3.00. The Bertz CT molecular complexity index is 270. The Morgan fingerprint density at radius 2 is 2.31 bits per heavy atom. The van der Waals surface area contributed by atoms with Gasteiger partial charge in [-0.25, -0.2) is 0 Å². The van der Waals surface area contributed by atoms with Crippen molar-refractivity contribution in [2.24, 2.45) is 5.73 Å². The SMILES string of the molecule is CCOCC(C)(N)c1noc(C)n1. The molecule has 0 amide bonds. The van der Waals surface area contributed by atoms with Gasteiger partial charge in [-0.3, -0.25) is 0 Å². The topological polar surface area (TPSA) is 74.2 Å². The van der Waals surface area contributed by atoms with Gasteiger partial charge >= 0.3 is 0 Å². The summed E-state index contributed by atoms with van der Waals surface area (Å²) >= 11 is 0. The highest BCUT2D eigenvalue weighted by atomic mass is 16.5. The van der Waals surface area contributed by atoms with Gasteiger partial charge in [0.2, 0.25) is 5.89 Å². The largest absolute Gasteiger partial charge is 0.379 e. The van der Waals surface area contributed by atoms with Gasteiger partial charge in [0.15, 0.2) is 5.82 Å². The van der Waals surface area contributed by atoms with Crippen molar-refractivity contribution in [1.82, 2.24) is 10.1 Å². The van der Waals surface area contributed by atoms with Crippen LogP contribution in [0.2, 0.25) is 0 Å². The highest BCUT2D eigenvalue weighted by Gasteiger charge is 2.26. The highest BCUT2D eigenvalue weighted by molar-refractivity contribution is 5.00. The van der Waals surface area contributed by atoms with Gasteiger partial charge in [-0.15, -0.1) is 0 Å². The average Bonchev–Trinajstić information content (AvgIpc) is 2.49. The van der Waals surface area contributed by atoms with E-state index in [4.69, 9.17) is 15.0 Å². The predicted molar refractivity (Wildman–Crippen MR) is 47.1 cm³/mol. The summed E-state index contributed by atoms with van der Waals surface area (Å²) in [5.74, 6) is 1.00. The number of nitrogens with zero attached hydrogens (tertiary/aromatic N) is 2. The molecule has 5 nitrogen and oxygen atoms in total. The van der Waals surface area contributed by atoms with Gasteiger partial charge in [0.25, 0.3) is 0 Å². The first-order chi connectivity index (χ1) is 6.06. The molecule has 0 aliphatic carbocycles. The molecule has 0 aliphatic rings. The van der Waals surface area contributed by atoms with Gasteiger partial charge in [-0.2, -0.15) is 4.98 Å². The molecule has 0 saturated heterocycles. The lowest BCUT2D eigenvalue weighted by atomic mass is 10.1. The van der Waals surface area contributed by atoms with E-state index in [9.17, 15) is 0 Å². The van der Waals surface area contributed by atoms with Crippen LogP contribution in [0.3, 0.4) is 0 Å². The Morgan fingerprint density at radius 3 is 2.77 bits per heavy atom.